The van der Waals surface area contributed by atoms with Crippen molar-refractivity contribution in [2.45, 2.75) is 31.5 Å². The van der Waals surface area contributed by atoms with Crippen LogP contribution in [0.1, 0.15) is 29.6 Å². The first-order chi connectivity index (χ1) is 8.38. The van der Waals surface area contributed by atoms with E-state index in [-0.39, 0.29) is 17.8 Å². The number of hydrogen-bond acceptors (Lipinski definition) is 5. The molecule has 18 heavy (non-hydrogen) atoms. The first kappa shape index (κ1) is 13.1. The Bertz CT molecular complexity index is 455. The van der Waals surface area contributed by atoms with Crippen molar-refractivity contribution >= 4 is 22.4 Å². The summed E-state index contributed by atoms with van der Waals surface area (Å²) in [7, 11) is 0. The summed E-state index contributed by atoms with van der Waals surface area (Å²) in [4.78, 5) is 11.6. The van der Waals surface area contributed by atoms with Crippen LogP contribution in [-0.2, 0) is 0 Å². The van der Waals surface area contributed by atoms with Crippen molar-refractivity contribution in [3.05, 3.63) is 5.01 Å². The molecule has 1 amide bonds. The highest BCUT2D eigenvalue weighted by atomic mass is 32.1. The van der Waals surface area contributed by atoms with Crippen molar-refractivity contribution in [2.24, 2.45) is 0 Å². The third-order valence-electron chi connectivity index (χ3n) is 2.59. The van der Waals surface area contributed by atoms with E-state index in [1.165, 1.54) is 0 Å². The van der Waals surface area contributed by atoms with Crippen LogP contribution in [0, 0.1) is 0 Å². The summed E-state index contributed by atoms with van der Waals surface area (Å²) < 4.78 is 37.9. The first-order valence-electron chi connectivity index (χ1n) is 5.34. The van der Waals surface area contributed by atoms with Crippen LogP contribution in [0.4, 0.5) is 18.3 Å². The molecule has 2 N–H and O–H groups in total. The van der Waals surface area contributed by atoms with Gasteiger partial charge in [0.2, 0.25) is 10.1 Å². The first-order valence-corrected chi connectivity index (χ1v) is 6.16. The topological polar surface area (TPSA) is 66.9 Å². The summed E-state index contributed by atoms with van der Waals surface area (Å²) >= 11 is 0.932. The number of alkyl halides is 3. The second-order valence-electron chi connectivity index (χ2n) is 3.98. The van der Waals surface area contributed by atoms with E-state index in [0.29, 0.717) is 11.7 Å². The number of anilines is 1. The van der Waals surface area contributed by atoms with E-state index < -0.39 is 17.6 Å². The summed E-state index contributed by atoms with van der Waals surface area (Å²) in [6, 6.07) is 0. The van der Waals surface area contributed by atoms with Crippen LogP contribution in [0.15, 0.2) is 0 Å². The molecular formula is C9H11F3N4OS. The second-order valence-corrected chi connectivity index (χ2v) is 4.95. The summed E-state index contributed by atoms with van der Waals surface area (Å²) in [5.74, 6) is -0.827. The van der Waals surface area contributed by atoms with Crippen molar-refractivity contribution in [3.63, 3.8) is 0 Å². The van der Waals surface area contributed by atoms with Crippen molar-refractivity contribution < 1.29 is 18.0 Å². The summed E-state index contributed by atoms with van der Waals surface area (Å²) in [5.41, 5.74) is -2.06. The smallest absolute Gasteiger partial charge is 0.360 e. The van der Waals surface area contributed by atoms with Crippen molar-refractivity contribution in [1.29, 1.82) is 0 Å². The lowest BCUT2D eigenvalue weighted by Gasteiger charge is -2.19. The fourth-order valence-corrected chi connectivity index (χ4v) is 2.12. The van der Waals surface area contributed by atoms with Gasteiger partial charge < -0.3 is 10.6 Å². The van der Waals surface area contributed by atoms with Gasteiger partial charge in [-0.25, -0.2) is 0 Å². The molecule has 0 atom stereocenters. The number of rotatable bonds is 4. The number of aromatic nitrogens is 2. The molecule has 5 nitrogen and oxygen atoms in total. The Balaban J connectivity index is 2.04. The number of halogens is 3. The highest BCUT2D eigenvalue weighted by Gasteiger charge is 2.64. The molecule has 1 aromatic rings. The largest absolute Gasteiger partial charge is 0.411 e. The number of amides is 1. The Labute approximate surface area is 105 Å². The molecule has 0 aromatic carbocycles. The van der Waals surface area contributed by atoms with Gasteiger partial charge in [0, 0.05) is 6.54 Å². The molecule has 0 bridgehead atoms. The van der Waals surface area contributed by atoms with E-state index in [0.717, 1.165) is 11.3 Å². The zero-order valence-electron chi connectivity index (χ0n) is 9.47. The molecule has 1 aromatic heterocycles. The van der Waals surface area contributed by atoms with Gasteiger partial charge in [0.25, 0.3) is 5.91 Å². The fourth-order valence-electron chi connectivity index (χ4n) is 1.41. The second kappa shape index (κ2) is 4.38. The standard InChI is InChI=1S/C9H11F3N4OS/c1-2-13-7-16-15-6(18-7)5(17)14-8(3-4-8)9(10,11)12/h2-4H2,1H3,(H,13,16)(H,14,17). The predicted molar refractivity (Wildman–Crippen MR) is 59.6 cm³/mol. The molecule has 0 unspecified atom stereocenters. The molecule has 100 valence electrons. The van der Waals surface area contributed by atoms with Crippen LogP contribution in [0.3, 0.4) is 0 Å². The Kier molecular flexibility index (Phi) is 3.18. The minimum atomic E-state index is -4.42. The van der Waals surface area contributed by atoms with E-state index in [1.54, 1.807) is 0 Å². The third kappa shape index (κ3) is 2.40. The van der Waals surface area contributed by atoms with Gasteiger partial charge in [0.05, 0.1) is 0 Å². The molecular weight excluding hydrogens is 269 g/mol. The van der Waals surface area contributed by atoms with Crippen molar-refractivity contribution in [1.82, 2.24) is 15.5 Å². The maximum absolute atomic E-state index is 12.6. The molecule has 0 radical (unpaired) electrons. The maximum Gasteiger partial charge on any atom is 0.411 e. The molecule has 1 saturated carbocycles. The quantitative estimate of drug-likeness (QED) is 0.882. The van der Waals surface area contributed by atoms with Gasteiger partial charge in [-0.15, -0.1) is 10.2 Å². The lowest BCUT2D eigenvalue weighted by Crippen LogP contribution is -2.47. The van der Waals surface area contributed by atoms with E-state index in [9.17, 15) is 18.0 Å². The number of carbonyl (C=O) groups is 1. The third-order valence-corrected chi connectivity index (χ3v) is 3.47. The lowest BCUT2D eigenvalue weighted by atomic mass is 10.2. The van der Waals surface area contributed by atoms with Crippen molar-refractivity contribution in [3.8, 4) is 0 Å². The Morgan fingerprint density at radius 1 is 1.44 bits per heavy atom. The fraction of sp³-hybridized carbons (Fsp3) is 0.667. The number of nitrogens with one attached hydrogen (secondary N) is 2. The van der Waals surface area contributed by atoms with Crippen LogP contribution in [0.2, 0.25) is 0 Å². The lowest BCUT2D eigenvalue weighted by molar-refractivity contribution is -0.163. The average molecular weight is 280 g/mol. The highest BCUT2D eigenvalue weighted by Crippen LogP contribution is 2.49. The molecule has 1 aliphatic rings. The van der Waals surface area contributed by atoms with Gasteiger partial charge >= 0.3 is 6.18 Å². The van der Waals surface area contributed by atoms with Crippen LogP contribution in [0.25, 0.3) is 0 Å². The summed E-state index contributed by atoms with van der Waals surface area (Å²) in [5, 5.41) is 12.4. The van der Waals surface area contributed by atoms with E-state index in [1.807, 2.05) is 12.2 Å². The summed E-state index contributed by atoms with van der Waals surface area (Å²) in [6.45, 7) is 2.44. The SMILES string of the molecule is CCNc1nnc(C(=O)NC2(C(F)(F)F)CC2)s1. The number of hydrogen-bond donors (Lipinski definition) is 2. The van der Waals surface area contributed by atoms with E-state index in [4.69, 9.17) is 0 Å². The Hall–Kier alpha value is -1.38. The molecule has 0 spiro atoms. The Morgan fingerprint density at radius 3 is 2.61 bits per heavy atom. The van der Waals surface area contributed by atoms with Crippen LogP contribution in [0.5, 0.6) is 0 Å². The molecule has 1 fully saturated rings. The van der Waals surface area contributed by atoms with E-state index in [2.05, 4.69) is 15.5 Å². The number of nitrogens with zero attached hydrogens (tertiary/aromatic N) is 2. The van der Waals surface area contributed by atoms with Gasteiger partial charge in [-0.3, -0.25) is 4.79 Å². The normalized spacial score (nSPS) is 17.3. The zero-order chi connectivity index (χ0) is 13.4. The molecule has 1 heterocycles. The van der Waals surface area contributed by atoms with E-state index >= 15 is 0 Å². The maximum atomic E-state index is 12.6. The minimum absolute atomic E-state index is 0.0681. The van der Waals surface area contributed by atoms with Gasteiger partial charge in [-0.2, -0.15) is 13.2 Å². The number of carbonyl (C=O) groups excluding carboxylic acids is 1. The van der Waals surface area contributed by atoms with Crippen LogP contribution < -0.4 is 10.6 Å². The summed E-state index contributed by atoms with van der Waals surface area (Å²) in [6.07, 6.45) is -4.58. The van der Waals surface area contributed by atoms with Crippen LogP contribution >= 0.6 is 11.3 Å². The van der Waals surface area contributed by atoms with Gasteiger partial charge in [-0.1, -0.05) is 11.3 Å². The van der Waals surface area contributed by atoms with Gasteiger partial charge in [0.1, 0.15) is 5.54 Å². The van der Waals surface area contributed by atoms with Crippen molar-refractivity contribution in [2.75, 3.05) is 11.9 Å². The van der Waals surface area contributed by atoms with Gasteiger partial charge in [-0.05, 0) is 19.8 Å². The zero-order valence-corrected chi connectivity index (χ0v) is 10.3. The monoisotopic (exact) mass is 280 g/mol. The molecule has 9 heteroatoms. The molecule has 0 saturated heterocycles. The van der Waals surface area contributed by atoms with Crippen LogP contribution in [-0.4, -0.2) is 34.4 Å². The average Bonchev–Trinajstić information content (AvgIpc) is 2.90. The molecule has 2 rings (SSSR count). The van der Waals surface area contributed by atoms with Gasteiger partial charge in [0.15, 0.2) is 0 Å². The predicted octanol–water partition coefficient (Wildman–Crippen LogP) is 1.79. The highest BCUT2D eigenvalue weighted by molar-refractivity contribution is 7.17. The molecule has 0 aliphatic heterocycles. The Morgan fingerprint density at radius 2 is 2.11 bits per heavy atom. The minimum Gasteiger partial charge on any atom is -0.360 e. The molecule has 1 aliphatic carbocycles.